The van der Waals surface area contributed by atoms with Crippen molar-refractivity contribution in [1.29, 1.82) is 0 Å². The van der Waals surface area contributed by atoms with Gasteiger partial charge in [0.25, 0.3) is 5.91 Å². The van der Waals surface area contributed by atoms with Crippen molar-refractivity contribution >= 4 is 23.2 Å². The van der Waals surface area contributed by atoms with Crippen molar-refractivity contribution < 1.29 is 27.8 Å². The van der Waals surface area contributed by atoms with Gasteiger partial charge in [-0.15, -0.1) is 0 Å². The Bertz CT molecular complexity index is 763. The maximum Gasteiger partial charge on any atom is 0.416 e. The second-order valence-electron chi connectivity index (χ2n) is 4.77. The molecule has 0 bridgehead atoms. The minimum absolute atomic E-state index is 0.0131. The van der Waals surface area contributed by atoms with E-state index in [-0.39, 0.29) is 34.4 Å². The third kappa shape index (κ3) is 4.11. The third-order valence-electron chi connectivity index (χ3n) is 3.04. The second kappa shape index (κ2) is 7.00. The number of amides is 1. The first-order valence-corrected chi connectivity index (χ1v) is 7.24. The fraction of sp³-hybridized carbons (Fsp3) is 0.188. The Hall–Kier alpha value is -2.41. The van der Waals surface area contributed by atoms with Crippen LogP contribution in [-0.4, -0.2) is 17.6 Å². The smallest absolute Gasteiger partial charge is 0.416 e. The number of anilines is 1. The molecule has 0 aliphatic heterocycles. The van der Waals surface area contributed by atoms with E-state index in [2.05, 4.69) is 5.32 Å². The lowest BCUT2D eigenvalue weighted by Crippen LogP contribution is -2.13. The van der Waals surface area contributed by atoms with Gasteiger partial charge in [-0.25, -0.2) is 0 Å². The highest BCUT2D eigenvalue weighted by molar-refractivity contribution is 6.32. The molecule has 0 atom stereocenters. The number of ether oxygens (including phenoxy) is 1. The van der Waals surface area contributed by atoms with E-state index in [1.165, 1.54) is 24.3 Å². The van der Waals surface area contributed by atoms with Crippen molar-refractivity contribution in [1.82, 2.24) is 0 Å². The van der Waals surface area contributed by atoms with Crippen LogP contribution in [0.15, 0.2) is 36.4 Å². The molecule has 2 N–H and O–H groups in total. The Morgan fingerprint density at radius 3 is 2.62 bits per heavy atom. The summed E-state index contributed by atoms with van der Waals surface area (Å²) in [5.41, 5.74) is -0.852. The van der Waals surface area contributed by atoms with Crippen LogP contribution in [0.3, 0.4) is 0 Å². The number of hydrogen-bond acceptors (Lipinski definition) is 3. The van der Waals surface area contributed by atoms with E-state index >= 15 is 0 Å². The van der Waals surface area contributed by atoms with Crippen LogP contribution in [0.25, 0.3) is 0 Å². The second-order valence-corrected chi connectivity index (χ2v) is 5.18. The van der Waals surface area contributed by atoms with Gasteiger partial charge in [0.05, 0.1) is 17.2 Å². The summed E-state index contributed by atoms with van der Waals surface area (Å²) < 4.78 is 43.2. The summed E-state index contributed by atoms with van der Waals surface area (Å²) in [6, 6.07) is 6.70. The first kappa shape index (κ1) is 17.9. The Morgan fingerprint density at radius 1 is 1.29 bits per heavy atom. The summed E-state index contributed by atoms with van der Waals surface area (Å²) in [5, 5.41) is 12.0. The molecular weight excluding hydrogens is 347 g/mol. The standard InChI is InChI=1S/C16H13ClF3NO3/c1-2-24-13-7-9(6-12(17)14(13)22)15(23)21-11-5-3-4-10(8-11)16(18,19)20/h3-8,22H,2H2,1H3,(H,21,23). The third-order valence-corrected chi connectivity index (χ3v) is 3.33. The fourth-order valence-electron chi connectivity index (χ4n) is 1.95. The summed E-state index contributed by atoms with van der Waals surface area (Å²) in [6.45, 7) is 1.92. The van der Waals surface area contributed by atoms with Crippen LogP contribution >= 0.6 is 11.6 Å². The van der Waals surface area contributed by atoms with Gasteiger partial charge in [0.2, 0.25) is 0 Å². The average molecular weight is 360 g/mol. The van der Waals surface area contributed by atoms with Crippen LogP contribution in [0.2, 0.25) is 5.02 Å². The number of hydrogen-bond donors (Lipinski definition) is 2. The van der Waals surface area contributed by atoms with E-state index in [0.717, 1.165) is 12.1 Å². The van der Waals surface area contributed by atoms with Gasteiger partial charge in [0.1, 0.15) is 0 Å². The van der Waals surface area contributed by atoms with Gasteiger partial charge >= 0.3 is 6.18 Å². The molecule has 1 amide bonds. The van der Waals surface area contributed by atoms with Crippen molar-refractivity contribution in [3.05, 3.63) is 52.5 Å². The molecule has 0 aliphatic rings. The van der Waals surface area contributed by atoms with Crippen LogP contribution in [0.4, 0.5) is 18.9 Å². The van der Waals surface area contributed by atoms with Gasteiger partial charge in [-0.3, -0.25) is 4.79 Å². The molecule has 2 rings (SSSR count). The molecule has 0 fully saturated rings. The van der Waals surface area contributed by atoms with Crippen LogP contribution < -0.4 is 10.1 Å². The zero-order chi connectivity index (χ0) is 17.9. The Labute approximate surface area is 140 Å². The number of alkyl halides is 3. The summed E-state index contributed by atoms with van der Waals surface area (Å²) >= 11 is 5.83. The molecule has 128 valence electrons. The zero-order valence-electron chi connectivity index (χ0n) is 12.4. The Morgan fingerprint density at radius 2 is 2.00 bits per heavy atom. The van der Waals surface area contributed by atoms with E-state index in [1.807, 2.05) is 0 Å². The Kier molecular flexibility index (Phi) is 5.23. The SMILES string of the molecule is CCOc1cc(C(=O)Nc2cccc(C(F)(F)F)c2)cc(Cl)c1O. The zero-order valence-corrected chi connectivity index (χ0v) is 13.2. The highest BCUT2D eigenvalue weighted by Crippen LogP contribution is 2.35. The van der Waals surface area contributed by atoms with Crippen LogP contribution in [0, 0.1) is 0 Å². The van der Waals surface area contributed by atoms with Gasteiger partial charge in [-0.2, -0.15) is 13.2 Å². The fourth-order valence-corrected chi connectivity index (χ4v) is 2.16. The van der Waals surface area contributed by atoms with Gasteiger partial charge < -0.3 is 15.2 Å². The van der Waals surface area contributed by atoms with Crippen molar-refractivity contribution in [2.75, 3.05) is 11.9 Å². The van der Waals surface area contributed by atoms with Crippen molar-refractivity contribution in [2.45, 2.75) is 13.1 Å². The molecule has 0 aliphatic carbocycles. The van der Waals surface area contributed by atoms with E-state index in [0.29, 0.717) is 0 Å². The number of carbonyl (C=O) groups is 1. The molecule has 0 spiro atoms. The summed E-state index contributed by atoms with van der Waals surface area (Å²) in [4.78, 5) is 12.2. The maximum absolute atomic E-state index is 12.7. The average Bonchev–Trinajstić information content (AvgIpc) is 2.51. The van der Waals surface area contributed by atoms with Crippen molar-refractivity contribution in [3.8, 4) is 11.5 Å². The highest BCUT2D eigenvalue weighted by atomic mass is 35.5. The molecule has 24 heavy (non-hydrogen) atoms. The van der Waals surface area contributed by atoms with Crippen LogP contribution in [0.5, 0.6) is 11.5 Å². The molecular formula is C16H13ClF3NO3. The van der Waals surface area contributed by atoms with Crippen molar-refractivity contribution in [2.24, 2.45) is 0 Å². The number of nitrogens with one attached hydrogen (secondary N) is 1. The first-order valence-electron chi connectivity index (χ1n) is 6.86. The molecule has 0 radical (unpaired) electrons. The van der Waals surface area contributed by atoms with Gasteiger partial charge in [-0.05, 0) is 37.3 Å². The van der Waals surface area contributed by atoms with E-state index < -0.39 is 17.6 Å². The first-order chi connectivity index (χ1) is 11.2. The summed E-state index contributed by atoms with van der Waals surface area (Å²) in [7, 11) is 0. The van der Waals surface area contributed by atoms with Crippen molar-refractivity contribution in [3.63, 3.8) is 0 Å². The number of carbonyl (C=O) groups excluding carboxylic acids is 1. The largest absolute Gasteiger partial charge is 0.503 e. The number of phenols is 1. The molecule has 0 unspecified atom stereocenters. The predicted octanol–water partition coefficient (Wildman–Crippen LogP) is 4.72. The van der Waals surface area contributed by atoms with Crippen LogP contribution in [-0.2, 0) is 6.18 Å². The quantitative estimate of drug-likeness (QED) is 0.830. The maximum atomic E-state index is 12.7. The molecule has 0 saturated heterocycles. The predicted molar refractivity (Wildman–Crippen MR) is 83.7 cm³/mol. The number of halogens is 4. The van der Waals surface area contributed by atoms with E-state index in [9.17, 15) is 23.1 Å². The molecule has 2 aromatic rings. The number of rotatable bonds is 4. The minimum atomic E-state index is -4.51. The van der Waals surface area contributed by atoms with Gasteiger partial charge in [0.15, 0.2) is 11.5 Å². The lowest BCUT2D eigenvalue weighted by Gasteiger charge is -2.12. The molecule has 2 aromatic carbocycles. The molecule has 4 nitrogen and oxygen atoms in total. The topological polar surface area (TPSA) is 58.6 Å². The van der Waals surface area contributed by atoms with E-state index in [4.69, 9.17) is 16.3 Å². The normalized spacial score (nSPS) is 11.2. The highest BCUT2D eigenvalue weighted by Gasteiger charge is 2.30. The van der Waals surface area contributed by atoms with Gasteiger partial charge in [-0.1, -0.05) is 17.7 Å². The lowest BCUT2D eigenvalue weighted by molar-refractivity contribution is -0.137. The summed E-state index contributed by atoms with van der Waals surface area (Å²) in [5.74, 6) is -0.981. The van der Waals surface area contributed by atoms with Gasteiger partial charge in [0, 0.05) is 11.3 Å². The summed E-state index contributed by atoms with van der Waals surface area (Å²) in [6.07, 6.45) is -4.51. The monoisotopic (exact) mass is 359 g/mol. The minimum Gasteiger partial charge on any atom is -0.503 e. The molecule has 0 saturated carbocycles. The number of benzene rings is 2. The Balaban J connectivity index is 2.27. The molecule has 8 heteroatoms. The number of phenolic OH excluding ortho intramolecular Hbond substituents is 1. The van der Waals surface area contributed by atoms with Crippen LogP contribution in [0.1, 0.15) is 22.8 Å². The molecule has 0 aromatic heterocycles. The lowest BCUT2D eigenvalue weighted by atomic mass is 10.1. The molecule has 0 heterocycles. The number of aromatic hydroxyl groups is 1. The van der Waals surface area contributed by atoms with E-state index in [1.54, 1.807) is 6.92 Å².